The number of aryl methyl sites for hydroxylation is 1. The van der Waals surface area contributed by atoms with Gasteiger partial charge in [0.1, 0.15) is 12.1 Å². The molecule has 4 rings (SSSR count). The minimum Gasteiger partial charge on any atom is -0.493 e. The molecule has 0 saturated carbocycles. The molecule has 0 radical (unpaired) electrons. The molecule has 0 N–H and O–H groups in total. The van der Waals surface area contributed by atoms with Gasteiger partial charge in [-0.2, -0.15) is 5.10 Å². The van der Waals surface area contributed by atoms with Crippen LogP contribution in [0.15, 0.2) is 24.7 Å². The van der Waals surface area contributed by atoms with Crippen molar-refractivity contribution in [3.05, 3.63) is 35.9 Å². The van der Waals surface area contributed by atoms with Gasteiger partial charge in [0.2, 0.25) is 0 Å². The van der Waals surface area contributed by atoms with Crippen LogP contribution in [0.3, 0.4) is 0 Å². The SMILES string of the molecule is CCn1ncc2c1CN(c1ncnc3cc(OC)c(OC)cc13)CC2. The molecule has 0 spiro atoms. The van der Waals surface area contributed by atoms with Gasteiger partial charge in [0.15, 0.2) is 11.5 Å². The maximum atomic E-state index is 5.45. The van der Waals surface area contributed by atoms with E-state index in [4.69, 9.17) is 9.47 Å². The molecule has 1 aliphatic rings. The Morgan fingerprint density at radius 2 is 1.92 bits per heavy atom. The molecule has 0 saturated heterocycles. The molecule has 0 amide bonds. The number of rotatable bonds is 4. The van der Waals surface area contributed by atoms with Crippen LogP contribution in [0.1, 0.15) is 18.2 Å². The van der Waals surface area contributed by atoms with Gasteiger partial charge < -0.3 is 14.4 Å². The lowest BCUT2D eigenvalue weighted by Crippen LogP contribution is -2.32. The molecular weight excluding hydrogens is 318 g/mol. The van der Waals surface area contributed by atoms with Gasteiger partial charge in [0.05, 0.1) is 38.2 Å². The predicted molar refractivity (Wildman–Crippen MR) is 95.3 cm³/mol. The van der Waals surface area contributed by atoms with E-state index in [9.17, 15) is 0 Å². The fourth-order valence-corrected chi connectivity index (χ4v) is 3.43. The van der Waals surface area contributed by atoms with Crippen LogP contribution < -0.4 is 14.4 Å². The normalized spacial score (nSPS) is 13.8. The number of hydrogen-bond donors (Lipinski definition) is 0. The van der Waals surface area contributed by atoms with Crippen LogP contribution in [0.25, 0.3) is 10.9 Å². The third-order valence-electron chi connectivity index (χ3n) is 4.75. The first-order valence-corrected chi connectivity index (χ1v) is 8.40. The lowest BCUT2D eigenvalue weighted by molar-refractivity contribution is 0.356. The van der Waals surface area contributed by atoms with Crippen molar-refractivity contribution in [1.82, 2.24) is 19.7 Å². The summed E-state index contributed by atoms with van der Waals surface area (Å²) in [6.45, 7) is 4.69. The third kappa shape index (κ3) is 2.56. The average Bonchev–Trinajstić information content (AvgIpc) is 3.08. The summed E-state index contributed by atoms with van der Waals surface area (Å²) in [5, 5.41) is 5.44. The van der Waals surface area contributed by atoms with Crippen molar-refractivity contribution >= 4 is 16.7 Å². The number of hydrogen-bond acceptors (Lipinski definition) is 6. The zero-order chi connectivity index (χ0) is 17.4. The average molecular weight is 339 g/mol. The molecule has 1 aliphatic heterocycles. The molecule has 0 aliphatic carbocycles. The van der Waals surface area contributed by atoms with E-state index in [-0.39, 0.29) is 0 Å². The summed E-state index contributed by atoms with van der Waals surface area (Å²) in [7, 11) is 3.27. The molecule has 130 valence electrons. The summed E-state index contributed by atoms with van der Waals surface area (Å²) in [5.74, 6) is 2.27. The first-order valence-electron chi connectivity index (χ1n) is 8.40. The Bertz CT molecular complexity index is 908. The van der Waals surface area contributed by atoms with E-state index in [1.165, 1.54) is 11.3 Å². The van der Waals surface area contributed by atoms with E-state index in [1.54, 1.807) is 20.5 Å². The van der Waals surface area contributed by atoms with E-state index < -0.39 is 0 Å². The van der Waals surface area contributed by atoms with E-state index in [1.807, 2.05) is 18.3 Å². The Labute approximate surface area is 146 Å². The highest BCUT2D eigenvalue weighted by Crippen LogP contribution is 2.35. The Kier molecular flexibility index (Phi) is 3.91. The van der Waals surface area contributed by atoms with Gasteiger partial charge in [0, 0.05) is 24.5 Å². The monoisotopic (exact) mass is 339 g/mol. The molecular formula is C18H21N5O2. The highest BCUT2D eigenvalue weighted by molar-refractivity contribution is 5.92. The standard InChI is InChI=1S/C18H21N5O2/c1-4-23-15-10-22(6-5-12(15)9-21-23)18-13-7-16(24-2)17(25-3)8-14(13)19-11-20-18/h7-9,11H,4-6,10H2,1-3H3. The van der Waals surface area contributed by atoms with E-state index in [0.29, 0.717) is 11.5 Å². The minimum absolute atomic E-state index is 0.671. The number of methoxy groups -OCH3 is 2. The molecule has 2 aromatic heterocycles. The molecule has 0 fully saturated rings. The third-order valence-corrected chi connectivity index (χ3v) is 4.75. The van der Waals surface area contributed by atoms with Crippen molar-refractivity contribution in [2.45, 2.75) is 26.4 Å². The van der Waals surface area contributed by atoms with Crippen LogP contribution in [0.4, 0.5) is 5.82 Å². The maximum absolute atomic E-state index is 5.45. The van der Waals surface area contributed by atoms with Crippen LogP contribution in [-0.2, 0) is 19.5 Å². The van der Waals surface area contributed by atoms with Gasteiger partial charge in [-0.1, -0.05) is 0 Å². The zero-order valence-electron chi connectivity index (χ0n) is 14.7. The molecule has 1 aromatic carbocycles. The fraction of sp³-hybridized carbons (Fsp3) is 0.389. The summed E-state index contributed by atoms with van der Waals surface area (Å²) in [5.41, 5.74) is 3.44. The van der Waals surface area contributed by atoms with Crippen molar-refractivity contribution in [2.24, 2.45) is 0 Å². The van der Waals surface area contributed by atoms with Crippen LogP contribution in [0, 0.1) is 0 Å². The lowest BCUT2D eigenvalue weighted by Gasteiger charge is -2.29. The van der Waals surface area contributed by atoms with E-state index in [0.717, 1.165) is 42.8 Å². The Morgan fingerprint density at radius 3 is 2.68 bits per heavy atom. The van der Waals surface area contributed by atoms with Gasteiger partial charge in [-0.15, -0.1) is 0 Å². The van der Waals surface area contributed by atoms with Crippen LogP contribution in [-0.4, -0.2) is 40.5 Å². The van der Waals surface area contributed by atoms with Crippen molar-refractivity contribution < 1.29 is 9.47 Å². The van der Waals surface area contributed by atoms with Crippen molar-refractivity contribution in [2.75, 3.05) is 25.7 Å². The molecule has 7 heteroatoms. The van der Waals surface area contributed by atoms with Gasteiger partial charge in [-0.25, -0.2) is 9.97 Å². The number of benzene rings is 1. The van der Waals surface area contributed by atoms with Crippen molar-refractivity contribution in [3.8, 4) is 11.5 Å². The fourth-order valence-electron chi connectivity index (χ4n) is 3.43. The van der Waals surface area contributed by atoms with Crippen LogP contribution in [0.2, 0.25) is 0 Å². The summed E-state index contributed by atoms with van der Waals surface area (Å²) in [4.78, 5) is 11.2. The molecule has 0 unspecified atom stereocenters. The van der Waals surface area contributed by atoms with Gasteiger partial charge in [0.25, 0.3) is 0 Å². The largest absolute Gasteiger partial charge is 0.493 e. The summed E-state index contributed by atoms with van der Waals surface area (Å²) in [6.07, 6.45) is 4.56. The van der Waals surface area contributed by atoms with Gasteiger partial charge in [-0.05, 0) is 25.0 Å². The number of nitrogens with zero attached hydrogens (tertiary/aromatic N) is 5. The van der Waals surface area contributed by atoms with Crippen molar-refractivity contribution in [3.63, 3.8) is 0 Å². The van der Waals surface area contributed by atoms with E-state index >= 15 is 0 Å². The highest BCUT2D eigenvalue weighted by atomic mass is 16.5. The summed E-state index contributed by atoms with van der Waals surface area (Å²) in [6, 6.07) is 3.85. The Balaban J connectivity index is 1.79. The second-order valence-electron chi connectivity index (χ2n) is 6.03. The predicted octanol–water partition coefficient (Wildman–Crippen LogP) is 2.43. The molecule has 3 aromatic rings. The highest BCUT2D eigenvalue weighted by Gasteiger charge is 2.23. The number of aromatic nitrogens is 4. The maximum Gasteiger partial charge on any atom is 0.162 e. The Morgan fingerprint density at radius 1 is 1.12 bits per heavy atom. The first kappa shape index (κ1) is 15.7. The summed E-state index contributed by atoms with van der Waals surface area (Å²) < 4.78 is 12.9. The number of anilines is 1. The van der Waals surface area contributed by atoms with E-state index in [2.05, 4.69) is 31.6 Å². The van der Waals surface area contributed by atoms with Crippen molar-refractivity contribution in [1.29, 1.82) is 0 Å². The second kappa shape index (κ2) is 6.23. The topological polar surface area (TPSA) is 65.3 Å². The zero-order valence-corrected chi connectivity index (χ0v) is 14.7. The molecule has 3 heterocycles. The number of ether oxygens (including phenoxy) is 2. The minimum atomic E-state index is 0.671. The quantitative estimate of drug-likeness (QED) is 0.727. The van der Waals surface area contributed by atoms with Crippen LogP contribution >= 0.6 is 0 Å². The molecule has 25 heavy (non-hydrogen) atoms. The second-order valence-corrected chi connectivity index (χ2v) is 6.03. The smallest absolute Gasteiger partial charge is 0.162 e. The van der Waals surface area contributed by atoms with Gasteiger partial charge >= 0.3 is 0 Å². The van der Waals surface area contributed by atoms with Gasteiger partial charge in [-0.3, -0.25) is 4.68 Å². The molecule has 0 bridgehead atoms. The summed E-state index contributed by atoms with van der Waals surface area (Å²) >= 11 is 0. The molecule has 0 atom stereocenters. The first-order chi connectivity index (χ1) is 12.2. The molecule has 7 nitrogen and oxygen atoms in total. The van der Waals surface area contributed by atoms with Crippen LogP contribution in [0.5, 0.6) is 11.5 Å². The lowest BCUT2D eigenvalue weighted by atomic mass is 10.1. The number of fused-ring (bicyclic) bond motifs is 2. The Hall–Kier alpha value is -2.83.